The van der Waals surface area contributed by atoms with Crippen molar-refractivity contribution >= 4 is 43.0 Å². The molecule has 4 aromatic rings. The van der Waals surface area contributed by atoms with Crippen LogP contribution >= 0.6 is 11.3 Å². The Labute approximate surface area is 148 Å². The van der Waals surface area contributed by atoms with Crippen LogP contribution in [0.2, 0.25) is 0 Å². The van der Waals surface area contributed by atoms with Crippen molar-refractivity contribution in [2.75, 3.05) is 5.32 Å². The average Bonchev–Trinajstić information content (AvgIpc) is 3.21. The van der Waals surface area contributed by atoms with Crippen LogP contribution in [0.15, 0.2) is 64.9 Å². The smallest absolute Gasteiger partial charge is 0.238 e. The van der Waals surface area contributed by atoms with Crippen LogP contribution in [-0.2, 0) is 10.0 Å². The fourth-order valence-electron chi connectivity index (χ4n) is 2.59. The lowest BCUT2D eigenvalue weighted by Gasteiger charge is -2.03. The Morgan fingerprint density at radius 1 is 1.08 bits per heavy atom. The zero-order chi connectivity index (χ0) is 17.4. The Bertz CT molecular complexity index is 1140. The van der Waals surface area contributed by atoms with Gasteiger partial charge in [0.1, 0.15) is 0 Å². The van der Waals surface area contributed by atoms with E-state index in [2.05, 4.69) is 33.0 Å². The standard InChI is InChI=1S/C17H14N4O2S2/c18-25(22,23)12-7-5-11(6-8-12)19-17-9-15(20-21-17)14-10-24-16-4-2-1-3-13(14)16/h1-10H,(H2,18,22,23)(H2,19,20,21). The van der Waals surface area contributed by atoms with E-state index < -0.39 is 10.0 Å². The second-order valence-electron chi connectivity index (χ2n) is 5.51. The van der Waals surface area contributed by atoms with E-state index in [1.54, 1.807) is 23.5 Å². The number of sulfonamides is 1. The van der Waals surface area contributed by atoms with Crippen molar-refractivity contribution in [2.45, 2.75) is 4.90 Å². The molecule has 4 N–H and O–H groups in total. The summed E-state index contributed by atoms with van der Waals surface area (Å²) in [4.78, 5) is 0.0745. The Morgan fingerprint density at radius 3 is 2.60 bits per heavy atom. The monoisotopic (exact) mass is 370 g/mol. The van der Waals surface area contributed by atoms with Gasteiger partial charge in [-0.05, 0) is 30.3 Å². The molecule has 0 unspecified atom stereocenters. The van der Waals surface area contributed by atoms with Crippen LogP contribution in [-0.4, -0.2) is 18.6 Å². The number of thiophene rings is 1. The minimum Gasteiger partial charge on any atom is -0.339 e. The second kappa shape index (κ2) is 5.99. The molecular formula is C17H14N4O2S2. The Hall–Kier alpha value is -2.68. The van der Waals surface area contributed by atoms with Crippen LogP contribution < -0.4 is 10.5 Å². The van der Waals surface area contributed by atoms with Gasteiger partial charge in [0.15, 0.2) is 5.82 Å². The molecule has 0 bridgehead atoms. The Kier molecular flexibility index (Phi) is 3.79. The van der Waals surface area contributed by atoms with Gasteiger partial charge >= 0.3 is 0 Å². The number of nitrogens with zero attached hydrogens (tertiary/aromatic N) is 1. The van der Waals surface area contributed by atoms with Gasteiger partial charge in [-0.2, -0.15) is 5.10 Å². The summed E-state index contributed by atoms with van der Waals surface area (Å²) in [7, 11) is -3.69. The lowest BCUT2D eigenvalue weighted by molar-refractivity contribution is 0.598. The highest BCUT2D eigenvalue weighted by Crippen LogP contribution is 2.33. The maximum Gasteiger partial charge on any atom is 0.238 e. The van der Waals surface area contributed by atoms with E-state index in [0.717, 1.165) is 16.9 Å². The van der Waals surface area contributed by atoms with Crippen LogP contribution in [0.1, 0.15) is 0 Å². The predicted octanol–water partition coefficient (Wildman–Crippen LogP) is 3.68. The highest BCUT2D eigenvalue weighted by Gasteiger charge is 2.10. The number of benzene rings is 2. The molecule has 0 saturated heterocycles. The summed E-state index contributed by atoms with van der Waals surface area (Å²) in [5, 5.41) is 18.8. The van der Waals surface area contributed by atoms with Gasteiger partial charge in [0.25, 0.3) is 0 Å². The summed E-state index contributed by atoms with van der Waals surface area (Å²) in [6, 6.07) is 16.3. The molecule has 2 heterocycles. The summed E-state index contributed by atoms with van der Waals surface area (Å²) >= 11 is 1.69. The molecule has 126 valence electrons. The molecule has 4 rings (SSSR count). The Balaban J connectivity index is 1.59. The van der Waals surface area contributed by atoms with Crippen molar-refractivity contribution in [2.24, 2.45) is 5.14 Å². The average molecular weight is 370 g/mol. The van der Waals surface area contributed by atoms with Crippen molar-refractivity contribution in [1.82, 2.24) is 10.2 Å². The molecule has 0 saturated carbocycles. The van der Waals surface area contributed by atoms with E-state index in [1.807, 2.05) is 18.2 Å². The first-order valence-corrected chi connectivity index (χ1v) is 9.85. The number of fused-ring (bicyclic) bond motifs is 1. The topological polar surface area (TPSA) is 101 Å². The molecule has 2 aromatic heterocycles. The fraction of sp³-hybridized carbons (Fsp3) is 0. The molecule has 0 amide bonds. The van der Waals surface area contributed by atoms with Gasteiger partial charge < -0.3 is 5.32 Å². The van der Waals surface area contributed by atoms with Gasteiger partial charge in [-0.1, -0.05) is 18.2 Å². The molecule has 0 aliphatic carbocycles. The Morgan fingerprint density at radius 2 is 1.84 bits per heavy atom. The number of anilines is 2. The SMILES string of the molecule is NS(=O)(=O)c1ccc(Nc2cc(-c3csc4ccccc34)[nH]n2)cc1. The first kappa shape index (κ1) is 15.8. The van der Waals surface area contributed by atoms with Gasteiger partial charge in [-0.25, -0.2) is 13.6 Å². The molecule has 0 fully saturated rings. The second-order valence-corrected chi connectivity index (χ2v) is 7.98. The normalized spacial score (nSPS) is 11.7. The molecule has 8 heteroatoms. The number of hydrogen-bond acceptors (Lipinski definition) is 5. The van der Waals surface area contributed by atoms with E-state index in [1.165, 1.54) is 22.2 Å². The quantitative estimate of drug-likeness (QED) is 0.510. The third kappa shape index (κ3) is 3.14. The minimum atomic E-state index is -3.69. The highest BCUT2D eigenvalue weighted by molar-refractivity contribution is 7.89. The summed E-state index contributed by atoms with van der Waals surface area (Å²) in [5.41, 5.74) is 2.74. The van der Waals surface area contributed by atoms with Gasteiger partial charge in [0.05, 0.1) is 10.6 Å². The van der Waals surface area contributed by atoms with Crippen molar-refractivity contribution in [1.29, 1.82) is 0 Å². The number of primary sulfonamides is 1. The number of H-pyrrole nitrogens is 1. The summed E-state index contributed by atoms with van der Waals surface area (Å²) in [6.07, 6.45) is 0. The number of rotatable bonds is 4. The van der Waals surface area contributed by atoms with Crippen molar-refractivity contribution < 1.29 is 8.42 Å². The lowest BCUT2D eigenvalue weighted by Crippen LogP contribution is -2.11. The van der Waals surface area contributed by atoms with E-state index >= 15 is 0 Å². The third-order valence-corrected chi connectivity index (χ3v) is 5.70. The zero-order valence-corrected chi connectivity index (χ0v) is 14.6. The summed E-state index contributed by atoms with van der Waals surface area (Å²) < 4.78 is 23.8. The first-order chi connectivity index (χ1) is 12.0. The van der Waals surface area contributed by atoms with Crippen LogP contribution in [0.5, 0.6) is 0 Å². The number of nitrogens with two attached hydrogens (primary N) is 1. The maximum absolute atomic E-state index is 11.3. The van der Waals surface area contributed by atoms with Crippen LogP contribution in [0.4, 0.5) is 11.5 Å². The first-order valence-electron chi connectivity index (χ1n) is 7.42. The number of aromatic nitrogens is 2. The van der Waals surface area contributed by atoms with Gasteiger partial charge in [-0.3, -0.25) is 5.10 Å². The predicted molar refractivity (Wildman–Crippen MR) is 101 cm³/mol. The summed E-state index contributed by atoms with van der Waals surface area (Å²) in [6.45, 7) is 0. The van der Waals surface area contributed by atoms with Crippen LogP contribution in [0.3, 0.4) is 0 Å². The van der Waals surface area contributed by atoms with Crippen molar-refractivity contribution in [3.05, 3.63) is 60.0 Å². The van der Waals surface area contributed by atoms with Gasteiger partial charge in [0, 0.05) is 32.8 Å². The fourth-order valence-corrected chi connectivity index (χ4v) is 4.06. The number of hydrogen-bond donors (Lipinski definition) is 3. The van der Waals surface area contributed by atoms with E-state index in [9.17, 15) is 8.42 Å². The largest absolute Gasteiger partial charge is 0.339 e. The summed E-state index contributed by atoms with van der Waals surface area (Å²) in [5.74, 6) is 0.647. The van der Waals surface area contributed by atoms with Crippen molar-refractivity contribution in [3.63, 3.8) is 0 Å². The molecular weight excluding hydrogens is 356 g/mol. The van der Waals surface area contributed by atoms with Crippen LogP contribution in [0.25, 0.3) is 21.3 Å². The molecule has 0 spiro atoms. The molecule has 0 aliphatic rings. The number of nitrogens with one attached hydrogen (secondary N) is 2. The van der Waals surface area contributed by atoms with Crippen LogP contribution in [0, 0.1) is 0 Å². The highest BCUT2D eigenvalue weighted by atomic mass is 32.2. The van der Waals surface area contributed by atoms with Crippen molar-refractivity contribution in [3.8, 4) is 11.3 Å². The number of aromatic amines is 1. The maximum atomic E-state index is 11.3. The van der Waals surface area contributed by atoms with E-state index in [0.29, 0.717) is 5.82 Å². The molecule has 25 heavy (non-hydrogen) atoms. The zero-order valence-electron chi connectivity index (χ0n) is 12.9. The molecule has 0 aliphatic heterocycles. The molecule has 2 aromatic carbocycles. The van der Waals surface area contributed by atoms with Gasteiger partial charge in [0.2, 0.25) is 10.0 Å². The minimum absolute atomic E-state index is 0.0745. The lowest BCUT2D eigenvalue weighted by atomic mass is 10.1. The molecule has 0 atom stereocenters. The molecule has 6 nitrogen and oxygen atoms in total. The molecule has 0 radical (unpaired) electrons. The van der Waals surface area contributed by atoms with Gasteiger partial charge in [-0.15, -0.1) is 11.3 Å². The van der Waals surface area contributed by atoms with E-state index in [-0.39, 0.29) is 4.90 Å². The third-order valence-electron chi connectivity index (χ3n) is 3.80. The van der Waals surface area contributed by atoms with E-state index in [4.69, 9.17) is 5.14 Å².